The molecule has 0 aromatic carbocycles. The third-order valence-corrected chi connectivity index (χ3v) is 1.07. The maximum absolute atomic E-state index is 8.51. The molecule has 0 rings (SSSR count). The Morgan fingerprint density at radius 3 is 2.22 bits per heavy atom. The molecule has 0 aromatic heterocycles. The average molecular weight is 134 g/mol. The van der Waals surface area contributed by atoms with Crippen LogP contribution in [0.5, 0.6) is 0 Å². The van der Waals surface area contributed by atoms with Crippen LogP contribution in [0.25, 0.3) is 0 Å². The standard InChI is InChI=1S/C6H14O3/c1-2-9-5-6(3-7)4-8/h6-8H,2-5H2,1H3. The van der Waals surface area contributed by atoms with Crippen molar-refractivity contribution in [1.82, 2.24) is 0 Å². The van der Waals surface area contributed by atoms with Crippen LogP contribution in [-0.4, -0.2) is 36.6 Å². The summed E-state index contributed by atoms with van der Waals surface area (Å²) in [6.07, 6.45) is 0. The SMILES string of the molecule is CCOCC(CO)CO. The Morgan fingerprint density at radius 2 is 1.89 bits per heavy atom. The van der Waals surface area contributed by atoms with Gasteiger partial charge in [0.2, 0.25) is 0 Å². The van der Waals surface area contributed by atoms with E-state index in [0.717, 1.165) is 0 Å². The highest BCUT2D eigenvalue weighted by atomic mass is 16.5. The van der Waals surface area contributed by atoms with Gasteiger partial charge in [-0.2, -0.15) is 0 Å². The van der Waals surface area contributed by atoms with Crippen molar-refractivity contribution in [3.05, 3.63) is 0 Å². The van der Waals surface area contributed by atoms with Crippen LogP contribution >= 0.6 is 0 Å². The van der Waals surface area contributed by atoms with Crippen LogP contribution in [0.1, 0.15) is 6.92 Å². The van der Waals surface area contributed by atoms with Gasteiger partial charge in [-0.15, -0.1) is 0 Å². The predicted molar refractivity (Wildman–Crippen MR) is 34.2 cm³/mol. The minimum Gasteiger partial charge on any atom is -0.396 e. The molecule has 0 atom stereocenters. The van der Waals surface area contributed by atoms with E-state index >= 15 is 0 Å². The van der Waals surface area contributed by atoms with Crippen molar-refractivity contribution in [2.75, 3.05) is 26.4 Å². The number of rotatable bonds is 5. The molecule has 0 saturated carbocycles. The highest BCUT2D eigenvalue weighted by Crippen LogP contribution is 1.92. The number of ether oxygens (including phenoxy) is 1. The molecule has 0 aliphatic rings. The number of aliphatic hydroxyl groups is 2. The van der Waals surface area contributed by atoms with Crippen LogP contribution in [0.3, 0.4) is 0 Å². The van der Waals surface area contributed by atoms with E-state index in [4.69, 9.17) is 14.9 Å². The lowest BCUT2D eigenvalue weighted by atomic mass is 10.2. The number of aliphatic hydroxyl groups excluding tert-OH is 2. The highest BCUT2D eigenvalue weighted by Gasteiger charge is 2.03. The zero-order valence-corrected chi connectivity index (χ0v) is 5.71. The summed E-state index contributed by atoms with van der Waals surface area (Å²) < 4.78 is 4.96. The third kappa shape index (κ3) is 4.39. The Morgan fingerprint density at radius 1 is 1.33 bits per heavy atom. The van der Waals surface area contributed by atoms with E-state index in [1.807, 2.05) is 6.92 Å². The van der Waals surface area contributed by atoms with Gasteiger partial charge in [-0.3, -0.25) is 0 Å². The van der Waals surface area contributed by atoms with Gasteiger partial charge in [0.15, 0.2) is 0 Å². The highest BCUT2D eigenvalue weighted by molar-refractivity contribution is 4.51. The van der Waals surface area contributed by atoms with Gasteiger partial charge in [0.1, 0.15) is 0 Å². The summed E-state index contributed by atoms with van der Waals surface area (Å²) in [5.74, 6) is -0.107. The molecule has 0 bridgehead atoms. The van der Waals surface area contributed by atoms with Crippen molar-refractivity contribution in [2.45, 2.75) is 6.92 Å². The maximum atomic E-state index is 8.51. The van der Waals surface area contributed by atoms with Crippen LogP contribution in [0, 0.1) is 5.92 Å². The van der Waals surface area contributed by atoms with E-state index < -0.39 is 0 Å². The summed E-state index contributed by atoms with van der Waals surface area (Å²) in [5.41, 5.74) is 0. The molecule has 0 fully saturated rings. The molecule has 0 aliphatic carbocycles. The predicted octanol–water partition coefficient (Wildman–Crippen LogP) is -0.376. The lowest BCUT2D eigenvalue weighted by Gasteiger charge is -2.08. The Kier molecular flexibility index (Phi) is 5.93. The van der Waals surface area contributed by atoms with E-state index in [9.17, 15) is 0 Å². The number of hydrogen-bond donors (Lipinski definition) is 2. The van der Waals surface area contributed by atoms with Crippen molar-refractivity contribution < 1.29 is 14.9 Å². The largest absolute Gasteiger partial charge is 0.396 e. The third-order valence-electron chi connectivity index (χ3n) is 1.07. The minimum absolute atomic E-state index is 0.00347. The summed E-state index contributed by atoms with van der Waals surface area (Å²) in [5, 5.41) is 17.0. The first-order valence-corrected chi connectivity index (χ1v) is 3.14. The Balaban J connectivity index is 3.09. The summed E-state index contributed by atoms with van der Waals surface area (Å²) in [6.45, 7) is 2.96. The zero-order chi connectivity index (χ0) is 7.11. The maximum Gasteiger partial charge on any atom is 0.0538 e. The Labute approximate surface area is 55.3 Å². The first-order valence-electron chi connectivity index (χ1n) is 3.14. The van der Waals surface area contributed by atoms with Crippen molar-refractivity contribution in [3.8, 4) is 0 Å². The molecule has 0 saturated heterocycles. The Bertz CT molecular complexity index is 52.3. The molecular formula is C6H14O3. The van der Waals surface area contributed by atoms with Crippen molar-refractivity contribution in [1.29, 1.82) is 0 Å². The fourth-order valence-corrected chi connectivity index (χ4v) is 0.448. The first-order chi connectivity index (χ1) is 4.35. The molecule has 0 unspecified atom stereocenters. The molecular weight excluding hydrogens is 120 g/mol. The molecule has 3 nitrogen and oxygen atoms in total. The van der Waals surface area contributed by atoms with Crippen molar-refractivity contribution in [3.63, 3.8) is 0 Å². The van der Waals surface area contributed by atoms with Crippen molar-refractivity contribution in [2.24, 2.45) is 5.92 Å². The quantitative estimate of drug-likeness (QED) is 0.539. The molecule has 0 spiro atoms. The molecule has 0 heterocycles. The van der Waals surface area contributed by atoms with E-state index in [1.165, 1.54) is 0 Å². The Hall–Kier alpha value is -0.120. The molecule has 3 heteroatoms. The van der Waals surface area contributed by atoms with Crippen LogP contribution in [0.15, 0.2) is 0 Å². The van der Waals surface area contributed by atoms with Gasteiger partial charge in [0.05, 0.1) is 19.8 Å². The second kappa shape index (κ2) is 6.01. The van der Waals surface area contributed by atoms with Gasteiger partial charge < -0.3 is 14.9 Å². The second-order valence-electron chi connectivity index (χ2n) is 1.89. The van der Waals surface area contributed by atoms with E-state index in [2.05, 4.69) is 0 Å². The topological polar surface area (TPSA) is 49.7 Å². The van der Waals surface area contributed by atoms with E-state index in [1.54, 1.807) is 0 Å². The van der Waals surface area contributed by atoms with Gasteiger partial charge >= 0.3 is 0 Å². The fraction of sp³-hybridized carbons (Fsp3) is 1.00. The summed E-state index contributed by atoms with van der Waals surface area (Å²) in [7, 11) is 0. The van der Waals surface area contributed by atoms with E-state index in [0.29, 0.717) is 13.2 Å². The van der Waals surface area contributed by atoms with Gasteiger partial charge in [-0.05, 0) is 6.92 Å². The lowest BCUT2D eigenvalue weighted by molar-refractivity contribution is 0.0509. The lowest BCUT2D eigenvalue weighted by Crippen LogP contribution is -2.17. The summed E-state index contributed by atoms with van der Waals surface area (Å²) in [6, 6.07) is 0. The van der Waals surface area contributed by atoms with Crippen LogP contribution in [0.2, 0.25) is 0 Å². The monoisotopic (exact) mass is 134 g/mol. The fourth-order valence-electron chi connectivity index (χ4n) is 0.448. The van der Waals surface area contributed by atoms with Gasteiger partial charge in [0.25, 0.3) is 0 Å². The summed E-state index contributed by atoms with van der Waals surface area (Å²) in [4.78, 5) is 0. The van der Waals surface area contributed by atoms with Gasteiger partial charge in [-0.1, -0.05) is 0 Å². The van der Waals surface area contributed by atoms with E-state index in [-0.39, 0.29) is 19.1 Å². The smallest absolute Gasteiger partial charge is 0.0538 e. The minimum atomic E-state index is -0.107. The number of hydrogen-bond acceptors (Lipinski definition) is 3. The van der Waals surface area contributed by atoms with Gasteiger partial charge in [-0.25, -0.2) is 0 Å². The molecule has 0 amide bonds. The van der Waals surface area contributed by atoms with Crippen LogP contribution < -0.4 is 0 Å². The van der Waals surface area contributed by atoms with Crippen LogP contribution in [-0.2, 0) is 4.74 Å². The molecule has 0 radical (unpaired) electrons. The first kappa shape index (κ1) is 8.88. The average Bonchev–Trinajstić information content (AvgIpc) is 1.91. The molecule has 2 N–H and O–H groups in total. The van der Waals surface area contributed by atoms with Crippen LogP contribution in [0.4, 0.5) is 0 Å². The molecule has 56 valence electrons. The molecule has 0 aliphatic heterocycles. The molecule has 0 aromatic rings. The second-order valence-corrected chi connectivity index (χ2v) is 1.89. The summed E-state index contributed by atoms with van der Waals surface area (Å²) >= 11 is 0. The van der Waals surface area contributed by atoms with Gasteiger partial charge in [0, 0.05) is 12.5 Å². The zero-order valence-electron chi connectivity index (χ0n) is 5.71. The normalized spacial score (nSPS) is 10.7. The molecule has 9 heavy (non-hydrogen) atoms. The van der Waals surface area contributed by atoms with Crippen molar-refractivity contribution >= 4 is 0 Å².